The minimum absolute atomic E-state index is 0.0900. The van der Waals surface area contributed by atoms with Gasteiger partial charge in [0.05, 0.1) is 17.7 Å². The molecule has 0 spiro atoms. The summed E-state index contributed by atoms with van der Waals surface area (Å²) in [6.45, 7) is 6.96. The SMILES string of the molecule is CC1=C(/C=C/c2cccc(C#CCN3C(=O)c4ccccc4C3=O)c2)C(C)(C)CCC1. The zero-order valence-corrected chi connectivity index (χ0v) is 18.4. The lowest BCUT2D eigenvalue weighted by atomic mass is 9.72. The molecule has 0 radical (unpaired) electrons. The van der Waals surface area contributed by atoms with Crippen LogP contribution in [0.25, 0.3) is 6.08 Å². The Labute approximate surface area is 184 Å². The van der Waals surface area contributed by atoms with Gasteiger partial charge < -0.3 is 0 Å². The maximum Gasteiger partial charge on any atom is 0.262 e. The van der Waals surface area contributed by atoms with Crippen LogP contribution in [0.1, 0.15) is 71.9 Å². The van der Waals surface area contributed by atoms with Crippen LogP contribution in [0, 0.1) is 17.3 Å². The minimum Gasteiger partial charge on any atom is -0.269 e. The molecule has 2 aromatic carbocycles. The largest absolute Gasteiger partial charge is 0.269 e. The molecule has 2 aliphatic rings. The van der Waals surface area contributed by atoms with E-state index >= 15 is 0 Å². The summed E-state index contributed by atoms with van der Waals surface area (Å²) < 4.78 is 0. The number of amides is 2. The van der Waals surface area contributed by atoms with E-state index in [4.69, 9.17) is 0 Å². The second-order valence-electron chi connectivity index (χ2n) is 8.93. The van der Waals surface area contributed by atoms with Gasteiger partial charge in [0.25, 0.3) is 11.8 Å². The Hall–Kier alpha value is -3.38. The molecule has 0 N–H and O–H groups in total. The van der Waals surface area contributed by atoms with Gasteiger partial charge in [-0.15, -0.1) is 0 Å². The number of allylic oxidation sites excluding steroid dienone is 3. The Balaban J connectivity index is 1.48. The molecule has 0 saturated carbocycles. The van der Waals surface area contributed by atoms with Crippen molar-refractivity contribution >= 4 is 17.9 Å². The maximum absolute atomic E-state index is 12.4. The van der Waals surface area contributed by atoms with Crippen molar-refractivity contribution in [2.24, 2.45) is 5.41 Å². The van der Waals surface area contributed by atoms with Gasteiger partial charge in [-0.2, -0.15) is 0 Å². The highest BCUT2D eigenvalue weighted by molar-refractivity contribution is 6.21. The molecule has 0 fully saturated rings. The molecule has 3 heteroatoms. The highest BCUT2D eigenvalue weighted by atomic mass is 16.2. The van der Waals surface area contributed by atoms with E-state index < -0.39 is 0 Å². The Morgan fingerprint density at radius 2 is 1.71 bits per heavy atom. The molecule has 0 bridgehead atoms. The molecule has 0 aromatic heterocycles. The zero-order chi connectivity index (χ0) is 22.0. The first-order valence-electron chi connectivity index (χ1n) is 10.8. The van der Waals surface area contributed by atoms with Gasteiger partial charge in [-0.1, -0.05) is 67.7 Å². The third-order valence-corrected chi connectivity index (χ3v) is 6.22. The van der Waals surface area contributed by atoms with E-state index in [0.717, 1.165) is 11.1 Å². The summed E-state index contributed by atoms with van der Waals surface area (Å²) in [5.41, 5.74) is 5.99. The van der Waals surface area contributed by atoms with Gasteiger partial charge in [-0.3, -0.25) is 14.5 Å². The van der Waals surface area contributed by atoms with E-state index in [1.807, 2.05) is 18.2 Å². The number of carbonyl (C=O) groups excluding carboxylic acids is 2. The fraction of sp³-hybridized carbons (Fsp3) is 0.286. The molecule has 1 aliphatic heterocycles. The van der Waals surface area contributed by atoms with E-state index in [2.05, 4.69) is 50.8 Å². The summed E-state index contributed by atoms with van der Waals surface area (Å²) in [6.07, 6.45) is 8.05. The molecule has 0 unspecified atom stereocenters. The lowest BCUT2D eigenvalue weighted by Crippen LogP contribution is -2.29. The van der Waals surface area contributed by atoms with Gasteiger partial charge in [-0.25, -0.2) is 0 Å². The number of benzene rings is 2. The monoisotopic (exact) mass is 409 g/mol. The second-order valence-corrected chi connectivity index (χ2v) is 8.93. The number of nitrogens with zero attached hydrogens (tertiary/aromatic N) is 1. The van der Waals surface area contributed by atoms with E-state index in [9.17, 15) is 9.59 Å². The van der Waals surface area contributed by atoms with Crippen LogP contribution in [-0.2, 0) is 0 Å². The van der Waals surface area contributed by atoms with Crippen LogP contribution in [0.15, 0.2) is 65.8 Å². The van der Waals surface area contributed by atoms with Gasteiger partial charge >= 0.3 is 0 Å². The normalized spacial score (nSPS) is 17.7. The smallest absolute Gasteiger partial charge is 0.262 e. The standard InChI is InChI=1S/C28H27NO2/c1-20-9-7-17-28(2,3)25(20)16-15-22-11-6-10-21(19-22)12-8-18-29-26(30)23-13-4-5-14-24(23)27(29)31/h4-6,10-11,13-16,19H,7,9,17-18H2,1-3H3/b16-15+. The molecule has 4 rings (SSSR count). The van der Waals surface area contributed by atoms with Crippen LogP contribution in [-0.4, -0.2) is 23.3 Å². The van der Waals surface area contributed by atoms with Gasteiger partial charge in [-0.05, 0) is 67.0 Å². The molecule has 31 heavy (non-hydrogen) atoms. The second kappa shape index (κ2) is 8.40. The number of imide groups is 1. The Morgan fingerprint density at radius 1 is 1.00 bits per heavy atom. The van der Waals surface area contributed by atoms with Crippen molar-refractivity contribution in [3.05, 3.63) is 88.0 Å². The van der Waals surface area contributed by atoms with Crippen molar-refractivity contribution in [2.45, 2.75) is 40.0 Å². The summed E-state index contributed by atoms with van der Waals surface area (Å²) in [4.78, 5) is 26.1. The van der Waals surface area contributed by atoms with Crippen molar-refractivity contribution in [1.82, 2.24) is 4.90 Å². The summed E-state index contributed by atoms with van der Waals surface area (Å²) in [5, 5.41) is 0. The molecule has 2 amide bonds. The summed E-state index contributed by atoms with van der Waals surface area (Å²) >= 11 is 0. The number of hydrogen-bond acceptors (Lipinski definition) is 2. The Morgan fingerprint density at radius 3 is 2.39 bits per heavy atom. The first-order valence-corrected chi connectivity index (χ1v) is 10.8. The van der Waals surface area contributed by atoms with Crippen molar-refractivity contribution in [3.8, 4) is 11.8 Å². The first-order chi connectivity index (χ1) is 14.9. The number of carbonyl (C=O) groups is 2. The Kier molecular flexibility index (Phi) is 5.65. The third-order valence-electron chi connectivity index (χ3n) is 6.22. The quantitative estimate of drug-likeness (QED) is 0.469. The van der Waals surface area contributed by atoms with Crippen molar-refractivity contribution < 1.29 is 9.59 Å². The van der Waals surface area contributed by atoms with Crippen molar-refractivity contribution in [2.75, 3.05) is 6.54 Å². The maximum atomic E-state index is 12.4. The summed E-state index contributed by atoms with van der Waals surface area (Å²) in [7, 11) is 0. The molecular formula is C28H27NO2. The molecular weight excluding hydrogens is 382 g/mol. The fourth-order valence-electron chi connectivity index (χ4n) is 4.51. The fourth-order valence-corrected chi connectivity index (χ4v) is 4.51. The van der Waals surface area contributed by atoms with E-state index in [0.29, 0.717) is 11.1 Å². The molecule has 156 valence electrons. The average molecular weight is 410 g/mol. The molecule has 3 nitrogen and oxygen atoms in total. The molecule has 1 heterocycles. The van der Waals surface area contributed by atoms with Crippen LogP contribution in [0.5, 0.6) is 0 Å². The third kappa shape index (κ3) is 4.25. The minimum atomic E-state index is -0.273. The van der Waals surface area contributed by atoms with Crippen LogP contribution in [0.4, 0.5) is 0 Å². The predicted octanol–water partition coefficient (Wildman–Crippen LogP) is 5.87. The highest BCUT2D eigenvalue weighted by Crippen LogP contribution is 2.40. The number of rotatable bonds is 3. The molecule has 2 aromatic rings. The number of fused-ring (bicyclic) bond motifs is 1. The molecule has 0 atom stereocenters. The molecule has 1 aliphatic carbocycles. The Bertz CT molecular complexity index is 1140. The van der Waals surface area contributed by atoms with E-state index in [1.165, 1.54) is 35.3 Å². The van der Waals surface area contributed by atoms with Gasteiger partial charge in [0.15, 0.2) is 0 Å². The predicted molar refractivity (Wildman–Crippen MR) is 124 cm³/mol. The topological polar surface area (TPSA) is 37.4 Å². The molecule has 0 saturated heterocycles. The van der Waals surface area contributed by atoms with Crippen molar-refractivity contribution in [3.63, 3.8) is 0 Å². The first kappa shape index (κ1) is 20.9. The van der Waals surface area contributed by atoms with Gasteiger partial charge in [0.1, 0.15) is 0 Å². The zero-order valence-electron chi connectivity index (χ0n) is 18.4. The highest BCUT2D eigenvalue weighted by Gasteiger charge is 2.34. The number of hydrogen-bond donors (Lipinski definition) is 0. The van der Waals surface area contributed by atoms with Crippen LogP contribution in [0.3, 0.4) is 0 Å². The van der Waals surface area contributed by atoms with Crippen LogP contribution in [0.2, 0.25) is 0 Å². The van der Waals surface area contributed by atoms with Crippen LogP contribution >= 0.6 is 0 Å². The van der Waals surface area contributed by atoms with Gasteiger partial charge in [0.2, 0.25) is 0 Å². The van der Waals surface area contributed by atoms with Crippen molar-refractivity contribution in [1.29, 1.82) is 0 Å². The van der Waals surface area contributed by atoms with E-state index in [-0.39, 0.29) is 23.8 Å². The van der Waals surface area contributed by atoms with Gasteiger partial charge in [0, 0.05) is 5.56 Å². The summed E-state index contributed by atoms with van der Waals surface area (Å²) in [5.74, 6) is 5.55. The average Bonchev–Trinajstić information content (AvgIpc) is 2.98. The lowest BCUT2D eigenvalue weighted by Gasteiger charge is -2.32. The lowest BCUT2D eigenvalue weighted by molar-refractivity contribution is 0.0675. The van der Waals surface area contributed by atoms with Crippen LogP contribution < -0.4 is 0 Å². The summed E-state index contributed by atoms with van der Waals surface area (Å²) in [6, 6.07) is 14.9. The van der Waals surface area contributed by atoms with E-state index in [1.54, 1.807) is 24.3 Å².